The smallest absolute Gasteiger partial charge is 0.311 e. The van der Waals surface area contributed by atoms with Crippen LogP contribution in [0.4, 0.5) is 5.69 Å². The number of hydrogen-bond acceptors (Lipinski definition) is 5. The molecule has 28 heavy (non-hydrogen) atoms. The molecule has 0 radical (unpaired) electrons. The Labute approximate surface area is 162 Å². The van der Waals surface area contributed by atoms with Gasteiger partial charge in [-0.25, -0.2) is 0 Å². The maximum atomic E-state index is 12.3. The number of hydrogen-bond donors (Lipinski definition) is 1. The number of carbonyl (C=O) groups excluding carboxylic acids is 2. The van der Waals surface area contributed by atoms with Gasteiger partial charge in [-0.3, -0.25) is 9.59 Å². The summed E-state index contributed by atoms with van der Waals surface area (Å²) in [4.78, 5) is 24.5. The lowest BCUT2D eigenvalue weighted by Crippen LogP contribution is -2.30. The van der Waals surface area contributed by atoms with Crippen molar-refractivity contribution in [2.24, 2.45) is 0 Å². The second-order valence-electron chi connectivity index (χ2n) is 6.68. The summed E-state index contributed by atoms with van der Waals surface area (Å²) in [6.07, 6.45) is 0.584. The first kappa shape index (κ1) is 19.2. The van der Waals surface area contributed by atoms with Gasteiger partial charge in [-0.2, -0.15) is 5.26 Å². The Morgan fingerprint density at radius 1 is 1.21 bits per heavy atom. The molecule has 0 aliphatic rings. The fourth-order valence-corrected chi connectivity index (χ4v) is 2.83. The molecule has 6 heteroatoms. The predicted molar refractivity (Wildman–Crippen MR) is 105 cm³/mol. The number of aryl methyl sites for hydroxylation is 2. The van der Waals surface area contributed by atoms with Crippen LogP contribution in [0.15, 0.2) is 47.1 Å². The highest BCUT2D eigenvalue weighted by molar-refractivity contribution is 5.95. The second-order valence-corrected chi connectivity index (χ2v) is 6.68. The van der Waals surface area contributed by atoms with E-state index >= 15 is 0 Å². The Bertz CT molecular complexity index is 1090. The zero-order chi connectivity index (χ0) is 20.3. The number of rotatable bonds is 5. The lowest BCUT2D eigenvalue weighted by Gasteiger charge is -2.13. The fraction of sp³-hybridized carbons (Fsp3) is 0.227. The highest BCUT2D eigenvalue weighted by Gasteiger charge is 2.20. The molecule has 0 aliphatic carbocycles. The summed E-state index contributed by atoms with van der Waals surface area (Å²) < 4.78 is 10.8. The van der Waals surface area contributed by atoms with Gasteiger partial charge in [0.1, 0.15) is 5.58 Å². The normalized spacial score (nSPS) is 11.6. The average Bonchev–Trinajstić information content (AvgIpc) is 3.03. The summed E-state index contributed by atoms with van der Waals surface area (Å²) in [5.74, 6) is -0.985. The van der Waals surface area contributed by atoms with E-state index in [0.717, 1.165) is 22.1 Å². The van der Waals surface area contributed by atoms with E-state index < -0.39 is 18.0 Å². The molecule has 1 amide bonds. The van der Waals surface area contributed by atoms with Crippen molar-refractivity contribution in [2.75, 3.05) is 5.32 Å². The third-order valence-corrected chi connectivity index (χ3v) is 4.54. The topological polar surface area (TPSA) is 92.3 Å². The highest BCUT2D eigenvalue weighted by Crippen LogP contribution is 2.25. The van der Waals surface area contributed by atoms with Crippen LogP contribution in [-0.4, -0.2) is 18.0 Å². The summed E-state index contributed by atoms with van der Waals surface area (Å²) in [5.41, 5.74) is 4.56. The van der Waals surface area contributed by atoms with Crippen molar-refractivity contribution in [1.82, 2.24) is 0 Å². The zero-order valence-electron chi connectivity index (χ0n) is 15.9. The molecule has 1 heterocycles. The molecule has 2 aromatic carbocycles. The maximum Gasteiger partial charge on any atom is 0.311 e. The van der Waals surface area contributed by atoms with E-state index in [9.17, 15) is 9.59 Å². The molecule has 0 unspecified atom stereocenters. The minimum atomic E-state index is -0.972. The van der Waals surface area contributed by atoms with Crippen LogP contribution < -0.4 is 5.32 Å². The van der Waals surface area contributed by atoms with Gasteiger partial charge in [-0.05, 0) is 62.2 Å². The first-order chi connectivity index (χ1) is 13.4. The van der Waals surface area contributed by atoms with Crippen molar-refractivity contribution in [2.45, 2.75) is 33.3 Å². The van der Waals surface area contributed by atoms with Crippen molar-refractivity contribution in [3.05, 3.63) is 64.9 Å². The third-order valence-electron chi connectivity index (χ3n) is 4.54. The number of ether oxygens (including phenoxy) is 1. The summed E-state index contributed by atoms with van der Waals surface area (Å²) in [5, 5.41) is 12.4. The monoisotopic (exact) mass is 376 g/mol. The van der Waals surface area contributed by atoms with Gasteiger partial charge in [-0.1, -0.05) is 6.07 Å². The molecule has 6 nitrogen and oxygen atoms in total. The summed E-state index contributed by atoms with van der Waals surface area (Å²) in [6.45, 7) is 5.50. The van der Waals surface area contributed by atoms with Crippen molar-refractivity contribution in [1.29, 1.82) is 5.26 Å². The summed E-state index contributed by atoms with van der Waals surface area (Å²) >= 11 is 0. The van der Waals surface area contributed by atoms with Crippen LogP contribution in [0.3, 0.4) is 0 Å². The van der Waals surface area contributed by atoms with Crippen molar-refractivity contribution < 1.29 is 18.7 Å². The van der Waals surface area contributed by atoms with Gasteiger partial charge in [0.15, 0.2) is 6.10 Å². The first-order valence-electron chi connectivity index (χ1n) is 8.85. The van der Waals surface area contributed by atoms with E-state index in [2.05, 4.69) is 5.32 Å². The number of amides is 1. The molecule has 0 saturated carbocycles. The number of fused-ring (bicyclic) bond motifs is 1. The van der Waals surface area contributed by atoms with Crippen molar-refractivity contribution in [3.63, 3.8) is 0 Å². The largest absolute Gasteiger partial charge is 0.464 e. The quantitative estimate of drug-likeness (QED) is 0.679. The predicted octanol–water partition coefficient (Wildman–Crippen LogP) is 4.03. The molecule has 3 rings (SSSR count). The van der Waals surface area contributed by atoms with Gasteiger partial charge in [0.2, 0.25) is 0 Å². The van der Waals surface area contributed by atoms with Crippen LogP contribution >= 0.6 is 0 Å². The molecular weight excluding hydrogens is 356 g/mol. The standard InChI is InChI=1S/C22H20N2O4/c1-13-7-19-17(12-27-20(19)8-14(13)2)10-21(25)28-15(3)22(26)24-18-6-4-5-16(9-18)11-23/h4-9,12,15H,10H2,1-3H3,(H,24,26)/t15-/m0/s1. The van der Waals surface area contributed by atoms with E-state index in [-0.39, 0.29) is 6.42 Å². The lowest BCUT2D eigenvalue weighted by atomic mass is 10.0. The summed E-state index contributed by atoms with van der Waals surface area (Å²) in [7, 11) is 0. The average molecular weight is 376 g/mol. The SMILES string of the molecule is Cc1cc2occ(CC(=O)O[C@@H](C)C(=O)Nc3cccc(C#N)c3)c2cc1C. The van der Waals surface area contributed by atoms with E-state index in [0.29, 0.717) is 16.8 Å². The van der Waals surface area contributed by atoms with E-state index in [1.165, 1.54) is 6.92 Å². The molecule has 1 aromatic heterocycles. The maximum absolute atomic E-state index is 12.3. The number of anilines is 1. The molecule has 0 spiro atoms. The molecule has 1 N–H and O–H groups in total. The number of benzene rings is 2. The fourth-order valence-electron chi connectivity index (χ4n) is 2.83. The van der Waals surface area contributed by atoms with Crippen LogP contribution in [0, 0.1) is 25.2 Å². The van der Waals surface area contributed by atoms with Gasteiger partial charge in [0.05, 0.1) is 24.3 Å². The van der Waals surface area contributed by atoms with Crippen LogP contribution in [0.25, 0.3) is 11.0 Å². The Kier molecular flexibility index (Phi) is 5.46. The van der Waals surface area contributed by atoms with E-state index in [4.69, 9.17) is 14.4 Å². The van der Waals surface area contributed by atoms with E-state index in [1.54, 1.807) is 30.5 Å². The van der Waals surface area contributed by atoms with Gasteiger partial charge in [0, 0.05) is 16.6 Å². The van der Waals surface area contributed by atoms with Gasteiger partial charge >= 0.3 is 5.97 Å². The minimum Gasteiger partial charge on any atom is -0.464 e. The molecular formula is C22H20N2O4. The van der Waals surface area contributed by atoms with Gasteiger partial charge in [0.25, 0.3) is 5.91 Å². The zero-order valence-corrected chi connectivity index (χ0v) is 15.9. The molecule has 0 fully saturated rings. The Hall–Kier alpha value is -3.59. The summed E-state index contributed by atoms with van der Waals surface area (Å²) in [6, 6.07) is 12.4. The number of furan rings is 1. The Balaban J connectivity index is 1.63. The minimum absolute atomic E-state index is 0.0110. The van der Waals surface area contributed by atoms with Gasteiger partial charge in [-0.15, -0.1) is 0 Å². The third kappa shape index (κ3) is 4.21. The highest BCUT2D eigenvalue weighted by atomic mass is 16.5. The number of nitriles is 1. The molecule has 0 aliphatic heterocycles. The number of nitrogens with zero attached hydrogens (tertiary/aromatic N) is 1. The molecule has 142 valence electrons. The number of esters is 1. The number of carbonyl (C=O) groups is 2. The van der Waals surface area contributed by atoms with Crippen molar-refractivity contribution >= 4 is 28.5 Å². The van der Waals surface area contributed by atoms with Crippen LogP contribution in [-0.2, 0) is 20.7 Å². The molecule has 3 aromatic rings. The van der Waals surface area contributed by atoms with Crippen LogP contribution in [0.5, 0.6) is 0 Å². The number of nitrogens with one attached hydrogen (secondary N) is 1. The Morgan fingerprint density at radius 2 is 1.96 bits per heavy atom. The molecule has 0 saturated heterocycles. The lowest BCUT2D eigenvalue weighted by molar-refractivity contribution is -0.152. The molecule has 0 bridgehead atoms. The second kappa shape index (κ2) is 7.97. The van der Waals surface area contributed by atoms with E-state index in [1.807, 2.05) is 32.0 Å². The van der Waals surface area contributed by atoms with Crippen LogP contribution in [0.1, 0.15) is 29.2 Å². The van der Waals surface area contributed by atoms with Crippen LogP contribution in [0.2, 0.25) is 0 Å². The molecule has 1 atom stereocenters. The van der Waals surface area contributed by atoms with Crippen molar-refractivity contribution in [3.8, 4) is 6.07 Å². The first-order valence-corrected chi connectivity index (χ1v) is 8.85. The van der Waals surface area contributed by atoms with Gasteiger partial charge < -0.3 is 14.5 Å². The Morgan fingerprint density at radius 3 is 2.71 bits per heavy atom.